The highest BCUT2D eigenvalue weighted by Gasteiger charge is 2.26. The van der Waals surface area contributed by atoms with Crippen LogP contribution in [0.5, 0.6) is 0 Å². The third-order valence-corrected chi connectivity index (χ3v) is 4.77. The summed E-state index contributed by atoms with van der Waals surface area (Å²) in [7, 11) is -3.85. The van der Waals surface area contributed by atoms with Crippen LogP contribution in [0.2, 0.25) is 10.0 Å². The Balaban J connectivity index is 3.08. The number of hydrogen-bond donors (Lipinski definition) is 0. The third kappa shape index (κ3) is 4.34. The molecule has 1 rings (SSSR count). The highest BCUT2D eigenvalue weighted by Crippen LogP contribution is 2.24. The van der Waals surface area contributed by atoms with Gasteiger partial charge in [-0.25, -0.2) is 8.42 Å². The van der Waals surface area contributed by atoms with E-state index in [-0.39, 0.29) is 34.6 Å². The second kappa shape index (κ2) is 7.26. The zero-order valence-electron chi connectivity index (χ0n) is 11.1. The molecule has 112 valence electrons. The van der Waals surface area contributed by atoms with Gasteiger partial charge < -0.3 is 4.74 Å². The molecular formula is C12H15Cl2NO4S. The van der Waals surface area contributed by atoms with Crippen molar-refractivity contribution < 1.29 is 17.9 Å². The van der Waals surface area contributed by atoms with Crippen LogP contribution in [0.4, 0.5) is 0 Å². The minimum Gasteiger partial charge on any atom is -0.465 e. The van der Waals surface area contributed by atoms with Crippen LogP contribution >= 0.6 is 23.2 Å². The molecule has 0 aliphatic heterocycles. The first-order valence-corrected chi connectivity index (χ1v) is 8.12. The smallest absolute Gasteiger partial charge is 0.321 e. The highest BCUT2D eigenvalue weighted by molar-refractivity contribution is 7.89. The molecule has 0 aliphatic carbocycles. The molecular weight excluding hydrogens is 325 g/mol. The monoisotopic (exact) mass is 339 g/mol. The van der Waals surface area contributed by atoms with Gasteiger partial charge in [-0.15, -0.1) is 0 Å². The number of nitrogens with zero attached hydrogens (tertiary/aromatic N) is 1. The number of likely N-dealkylation sites (N-methyl/N-ethyl adjacent to an activating group) is 1. The Morgan fingerprint density at radius 2 is 1.75 bits per heavy atom. The van der Waals surface area contributed by atoms with E-state index in [1.165, 1.54) is 18.2 Å². The van der Waals surface area contributed by atoms with E-state index in [1.807, 2.05) is 0 Å². The van der Waals surface area contributed by atoms with Crippen LogP contribution in [0.25, 0.3) is 0 Å². The summed E-state index contributed by atoms with van der Waals surface area (Å²) in [6, 6.07) is 4.01. The molecule has 20 heavy (non-hydrogen) atoms. The van der Waals surface area contributed by atoms with Gasteiger partial charge in [0.15, 0.2) is 0 Å². The number of hydrogen-bond acceptors (Lipinski definition) is 4. The summed E-state index contributed by atoms with van der Waals surface area (Å²) in [5.74, 6) is -0.606. The van der Waals surface area contributed by atoms with Gasteiger partial charge in [0.1, 0.15) is 6.54 Å². The average molecular weight is 340 g/mol. The van der Waals surface area contributed by atoms with E-state index in [2.05, 4.69) is 0 Å². The Bertz CT molecular complexity index is 569. The summed E-state index contributed by atoms with van der Waals surface area (Å²) >= 11 is 11.6. The summed E-state index contributed by atoms with van der Waals surface area (Å²) in [6.45, 7) is 3.25. The molecule has 0 aliphatic rings. The van der Waals surface area contributed by atoms with Gasteiger partial charge in [-0.3, -0.25) is 4.79 Å². The summed E-state index contributed by atoms with van der Waals surface area (Å²) in [5.41, 5.74) is 0. The van der Waals surface area contributed by atoms with Crippen LogP contribution in [-0.4, -0.2) is 38.4 Å². The van der Waals surface area contributed by atoms with E-state index in [4.69, 9.17) is 27.9 Å². The minimum atomic E-state index is -3.85. The molecule has 0 saturated carbocycles. The van der Waals surface area contributed by atoms with Crippen molar-refractivity contribution in [3.63, 3.8) is 0 Å². The lowest BCUT2D eigenvalue weighted by atomic mass is 10.4. The van der Waals surface area contributed by atoms with Gasteiger partial charge in [-0.05, 0) is 25.1 Å². The Morgan fingerprint density at radius 1 is 1.20 bits per heavy atom. The summed E-state index contributed by atoms with van der Waals surface area (Å²) in [5, 5.41) is 0.423. The molecule has 0 amide bonds. The SMILES string of the molecule is CCOC(=O)CN(CC)S(=O)(=O)c1cc(Cl)cc(Cl)c1. The number of benzene rings is 1. The maximum atomic E-state index is 12.4. The van der Waals surface area contributed by atoms with Gasteiger partial charge in [0.25, 0.3) is 0 Å². The van der Waals surface area contributed by atoms with Gasteiger partial charge in [0.05, 0.1) is 11.5 Å². The number of halogens is 2. The molecule has 0 atom stereocenters. The van der Waals surface area contributed by atoms with E-state index in [0.29, 0.717) is 0 Å². The fraction of sp³-hybridized carbons (Fsp3) is 0.417. The molecule has 8 heteroatoms. The van der Waals surface area contributed by atoms with E-state index in [0.717, 1.165) is 4.31 Å². The van der Waals surface area contributed by atoms with Crippen molar-refractivity contribution in [2.45, 2.75) is 18.7 Å². The molecule has 1 aromatic carbocycles. The van der Waals surface area contributed by atoms with E-state index >= 15 is 0 Å². The zero-order chi connectivity index (χ0) is 15.3. The Morgan fingerprint density at radius 3 is 2.20 bits per heavy atom. The second-order valence-electron chi connectivity index (χ2n) is 3.84. The molecule has 0 N–H and O–H groups in total. The van der Waals surface area contributed by atoms with Gasteiger partial charge in [-0.2, -0.15) is 4.31 Å². The fourth-order valence-corrected chi connectivity index (χ4v) is 3.66. The van der Waals surface area contributed by atoms with Gasteiger partial charge in [0.2, 0.25) is 10.0 Å². The fourth-order valence-electron chi connectivity index (χ4n) is 1.54. The highest BCUT2D eigenvalue weighted by atomic mass is 35.5. The summed E-state index contributed by atoms with van der Waals surface area (Å²) < 4.78 is 30.6. The first-order chi connectivity index (χ1) is 9.31. The van der Waals surface area contributed by atoms with Crippen LogP contribution in [0.1, 0.15) is 13.8 Å². The zero-order valence-corrected chi connectivity index (χ0v) is 13.4. The number of ether oxygens (including phenoxy) is 1. The maximum absolute atomic E-state index is 12.4. The lowest BCUT2D eigenvalue weighted by Gasteiger charge is -2.19. The Hall–Kier alpha value is -0.820. The third-order valence-electron chi connectivity index (χ3n) is 2.44. The Labute approximate surface area is 128 Å². The predicted octanol–water partition coefficient (Wildman–Crippen LogP) is 2.57. The lowest BCUT2D eigenvalue weighted by molar-refractivity contribution is -0.143. The standard InChI is InChI=1S/C12H15Cl2NO4S/c1-3-15(8-12(16)19-4-2)20(17,18)11-6-9(13)5-10(14)7-11/h5-7H,3-4,8H2,1-2H3. The van der Waals surface area contributed by atoms with Gasteiger partial charge in [0, 0.05) is 16.6 Å². The van der Waals surface area contributed by atoms with Crippen LogP contribution in [-0.2, 0) is 19.6 Å². The average Bonchev–Trinajstić information content (AvgIpc) is 2.34. The lowest BCUT2D eigenvalue weighted by Crippen LogP contribution is -2.36. The quantitative estimate of drug-likeness (QED) is 0.747. The van der Waals surface area contributed by atoms with Crippen molar-refractivity contribution >= 4 is 39.2 Å². The van der Waals surface area contributed by atoms with Gasteiger partial charge >= 0.3 is 5.97 Å². The van der Waals surface area contributed by atoms with E-state index < -0.39 is 16.0 Å². The topological polar surface area (TPSA) is 63.7 Å². The van der Waals surface area contributed by atoms with E-state index in [9.17, 15) is 13.2 Å². The molecule has 0 bridgehead atoms. The minimum absolute atomic E-state index is 0.0545. The van der Waals surface area contributed by atoms with Crippen molar-refractivity contribution in [2.24, 2.45) is 0 Å². The van der Waals surface area contributed by atoms with Crippen molar-refractivity contribution in [3.05, 3.63) is 28.2 Å². The van der Waals surface area contributed by atoms with Crippen molar-refractivity contribution in [2.75, 3.05) is 19.7 Å². The molecule has 0 saturated heterocycles. The second-order valence-corrected chi connectivity index (χ2v) is 6.65. The number of sulfonamides is 1. The normalized spacial score (nSPS) is 11.7. The molecule has 0 radical (unpaired) electrons. The molecule has 0 unspecified atom stereocenters. The van der Waals surface area contributed by atoms with Crippen LogP contribution in [0, 0.1) is 0 Å². The maximum Gasteiger partial charge on any atom is 0.321 e. The summed E-state index contributed by atoms with van der Waals surface area (Å²) in [4.78, 5) is 11.4. The van der Waals surface area contributed by atoms with Crippen molar-refractivity contribution in [1.29, 1.82) is 0 Å². The molecule has 0 heterocycles. The van der Waals surface area contributed by atoms with Crippen LogP contribution in [0.3, 0.4) is 0 Å². The first-order valence-electron chi connectivity index (χ1n) is 5.93. The molecule has 0 fully saturated rings. The first kappa shape index (κ1) is 17.2. The van der Waals surface area contributed by atoms with Crippen LogP contribution < -0.4 is 0 Å². The summed E-state index contributed by atoms with van der Waals surface area (Å²) in [6.07, 6.45) is 0. The van der Waals surface area contributed by atoms with Crippen LogP contribution in [0.15, 0.2) is 23.1 Å². The molecule has 0 spiro atoms. The van der Waals surface area contributed by atoms with E-state index in [1.54, 1.807) is 13.8 Å². The molecule has 5 nitrogen and oxygen atoms in total. The van der Waals surface area contributed by atoms with Gasteiger partial charge in [-0.1, -0.05) is 30.1 Å². The number of carbonyl (C=O) groups is 1. The van der Waals surface area contributed by atoms with Crippen molar-refractivity contribution in [1.82, 2.24) is 4.31 Å². The largest absolute Gasteiger partial charge is 0.465 e. The molecule has 0 aromatic heterocycles. The molecule has 1 aromatic rings. The predicted molar refractivity (Wildman–Crippen MR) is 77.5 cm³/mol. The number of rotatable bonds is 6. The van der Waals surface area contributed by atoms with Crippen molar-refractivity contribution in [3.8, 4) is 0 Å². The number of esters is 1. The number of carbonyl (C=O) groups excluding carboxylic acids is 1. The Kier molecular flexibility index (Phi) is 6.26.